The number of nitrogens with zero attached hydrogens (tertiary/aromatic N) is 2. The van der Waals surface area contributed by atoms with Crippen molar-refractivity contribution in [3.8, 4) is 0 Å². The van der Waals surface area contributed by atoms with E-state index in [0.29, 0.717) is 16.5 Å². The van der Waals surface area contributed by atoms with Gasteiger partial charge >= 0.3 is 0 Å². The Balaban J connectivity index is 2.02. The van der Waals surface area contributed by atoms with E-state index >= 15 is 0 Å². The number of amides is 1. The van der Waals surface area contributed by atoms with Crippen LogP contribution < -0.4 is 22.5 Å². The van der Waals surface area contributed by atoms with E-state index in [0.717, 1.165) is 0 Å². The van der Waals surface area contributed by atoms with Crippen LogP contribution in [0.15, 0.2) is 35.5 Å². The highest BCUT2D eigenvalue weighted by Gasteiger charge is 2.16. The van der Waals surface area contributed by atoms with Crippen molar-refractivity contribution in [2.45, 2.75) is 17.3 Å². The molecule has 2 rings (SSSR count). The highest BCUT2D eigenvalue weighted by Crippen LogP contribution is 2.23. The van der Waals surface area contributed by atoms with Crippen molar-refractivity contribution in [3.63, 3.8) is 0 Å². The predicted octanol–water partition coefficient (Wildman–Crippen LogP) is 1.34. The number of nitrogens with one attached hydrogen (secondary N) is 1. The van der Waals surface area contributed by atoms with Crippen molar-refractivity contribution in [3.05, 3.63) is 30.3 Å². The second kappa shape index (κ2) is 6.31. The Hall–Kier alpha value is -2.48. The highest BCUT2D eigenvalue weighted by atomic mass is 32.2. The Bertz CT molecular complexity index is 643. The van der Waals surface area contributed by atoms with Gasteiger partial charge in [0.1, 0.15) is 11.6 Å². The summed E-state index contributed by atoms with van der Waals surface area (Å²) < 4.78 is 0. The third kappa shape index (κ3) is 4.25. The smallest absolute Gasteiger partial charge is 0.237 e. The molecule has 0 fully saturated rings. The minimum atomic E-state index is -0.410. The standard InChI is InChI=1S/C13H16N6OS/c1-7(21-13-18-10(15)6-11(16)19-13)12(20)17-9-4-2-3-8(14)5-9/h2-7H,14H2,1H3,(H,17,20)(H4,15,16,18,19). The van der Waals surface area contributed by atoms with Crippen LogP contribution in [0.4, 0.5) is 23.0 Å². The number of anilines is 4. The minimum absolute atomic E-state index is 0.185. The summed E-state index contributed by atoms with van der Waals surface area (Å²) in [5.41, 5.74) is 18.1. The van der Waals surface area contributed by atoms with Crippen LogP contribution in [-0.4, -0.2) is 21.1 Å². The molecule has 0 aliphatic rings. The van der Waals surface area contributed by atoms with Gasteiger partial charge in [0.15, 0.2) is 5.16 Å². The molecule has 1 unspecified atom stereocenters. The van der Waals surface area contributed by atoms with E-state index < -0.39 is 5.25 Å². The quantitative estimate of drug-likeness (QED) is 0.380. The fourth-order valence-corrected chi connectivity index (χ4v) is 2.39. The first-order valence-electron chi connectivity index (χ1n) is 6.17. The van der Waals surface area contributed by atoms with Crippen LogP contribution in [0.3, 0.4) is 0 Å². The lowest BCUT2D eigenvalue weighted by molar-refractivity contribution is -0.115. The van der Waals surface area contributed by atoms with E-state index in [1.807, 2.05) is 0 Å². The lowest BCUT2D eigenvalue weighted by Crippen LogP contribution is -2.22. The molecule has 1 heterocycles. The first kappa shape index (κ1) is 14.9. The average Bonchev–Trinajstić information content (AvgIpc) is 2.37. The topological polar surface area (TPSA) is 133 Å². The summed E-state index contributed by atoms with van der Waals surface area (Å²) in [4.78, 5) is 20.2. The van der Waals surface area contributed by atoms with Crippen LogP contribution in [0.25, 0.3) is 0 Å². The van der Waals surface area contributed by atoms with E-state index in [9.17, 15) is 4.79 Å². The molecule has 1 amide bonds. The van der Waals surface area contributed by atoms with Crippen LogP contribution in [0, 0.1) is 0 Å². The molecule has 0 aliphatic heterocycles. The molecule has 21 heavy (non-hydrogen) atoms. The molecular weight excluding hydrogens is 288 g/mol. The van der Waals surface area contributed by atoms with E-state index in [2.05, 4.69) is 15.3 Å². The van der Waals surface area contributed by atoms with Gasteiger partial charge < -0.3 is 22.5 Å². The molecule has 1 atom stereocenters. The largest absolute Gasteiger partial charge is 0.399 e. The molecule has 0 spiro atoms. The minimum Gasteiger partial charge on any atom is -0.399 e. The van der Waals surface area contributed by atoms with Crippen molar-refractivity contribution in [1.82, 2.24) is 9.97 Å². The van der Waals surface area contributed by atoms with Crippen LogP contribution in [0.2, 0.25) is 0 Å². The van der Waals surface area contributed by atoms with Gasteiger partial charge in [0, 0.05) is 17.4 Å². The normalized spacial score (nSPS) is 11.9. The number of rotatable bonds is 4. The Morgan fingerprint density at radius 2 is 1.86 bits per heavy atom. The zero-order chi connectivity index (χ0) is 15.4. The summed E-state index contributed by atoms with van der Waals surface area (Å²) in [5.74, 6) is 0.358. The lowest BCUT2D eigenvalue weighted by atomic mass is 10.3. The predicted molar refractivity (Wildman–Crippen MR) is 85.7 cm³/mol. The molecule has 0 bridgehead atoms. The number of hydrogen-bond acceptors (Lipinski definition) is 7. The van der Waals surface area contributed by atoms with Gasteiger partial charge in [-0.3, -0.25) is 4.79 Å². The van der Waals surface area contributed by atoms with Crippen molar-refractivity contribution < 1.29 is 4.79 Å². The SMILES string of the molecule is CC(Sc1nc(N)cc(N)n1)C(=O)Nc1cccc(N)c1. The van der Waals surface area contributed by atoms with Crippen LogP contribution in [-0.2, 0) is 4.79 Å². The van der Waals surface area contributed by atoms with Gasteiger partial charge in [-0.1, -0.05) is 17.8 Å². The van der Waals surface area contributed by atoms with Gasteiger partial charge in [-0.05, 0) is 25.1 Å². The van der Waals surface area contributed by atoms with Gasteiger partial charge in [0.25, 0.3) is 0 Å². The molecular formula is C13H16N6OS. The van der Waals surface area contributed by atoms with Crippen molar-refractivity contribution in [1.29, 1.82) is 0 Å². The third-order valence-corrected chi connectivity index (χ3v) is 3.51. The zero-order valence-corrected chi connectivity index (χ0v) is 12.2. The second-order valence-corrected chi connectivity index (χ2v) is 5.68. The molecule has 0 saturated heterocycles. The molecule has 7 nitrogen and oxygen atoms in total. The number of thioether (sulfide) groups is 1. The summed E-state index contributed by atoms with van der Waals surface area (Å²) in [6.45, 7) is 1.75. The van der Waals surface area contributed by atoms with Crippen LogP contribution in [0.5, 0.6) is 0 Å². The Morgan fingerprint density at radius 1 is 1.19 bits per heavy atom. The Morgan fingerprint density at radius 3 is 2.48 bits per heavy atom. The fourth-order valence-electron chi connectivity index (χ4n) is 1.59. The van der Waals surface area contributed by atoms with Gasteiger partial charge in [-0.2, -0.15) is 0 Å². The number of hydrogen-bond donors (Lipinski definition) is 4. The van der Waals surface area contributed by atoms with Crippen molar-refractivity contribution in [2.24, 2.45) is 0 Å². The molecule has 7 N–H and O–H groups in total. The first-order valence-corrected chi connectivity index (χ1v) is 7.05. The fraction of sp³-hybridized carbons (Fsp3) is 0.154. The number of aromatic nitrogens is 2. The monoisotopic (exact) mass is 304 g/mol. The maximum Gasteiger partial charge on any atom is 0.237 e. The number of carbonyl (C=O) groups excluding carboxylic acids is 1. The molecule has 1 aromatic carbocycles. The number of carbonyl (C=O) groups is 1. The third-order valence-electron chi connectivity index (χ3n) is 2.55. The Labute approximate surface area is 126 Å². The van der Waals surface area contributed by atoms with Gasteiger partial charge in [0.05, 0.1) is 5.25 Å². The molecule has 0 saturated carbocycles. The molecule has 1 aromatic heterocycles. The summed E-state index contributed by atoms with van der Waals surface area (Å²) >= 11 is 1.18. The highest BCUT2D eigenvalue weighted by molar-refractivity contribution is 8.00. The van der Waals surface area contributed by atoms with E-state index in [4.69, 9.17) is 17.2 Å². The molecule has 0 aliphatic carbocycles. The van der Waals surface area contributed by atoms with Gasteiger partial charge in [-0.15, -0.1) is 0 Å². The van der Waals surface area contributed by atoms with Crippen molar-refractivity contribution in [2.75, 3.05) is 22.5 Å². The molecule has 8 heteroatoms. The number of nitrogens with two attached hydrogens (primary N) is 3. The molecule has 0 radical (unpaired) electrons. The number of nitrogen functional groups attached to an aromatic ring is 3. The van der Waals surface area contributed by atoms with E-state index in [-0.39, 0.29) is 17.5 Å². The average molecular weight is 304 g/mol. The lowest BCUT2D eigenvalue weighted by Gasteiger charge is -2.11. The summed E-state index contributed by atoms with van der Waals surface area (Å²) in [7, 11) is 0. The number of benzene rings is 1. The maximum absolute atomic E-state index is 12.1. The van der Waals surface area contributed by atoms with Gasteiger partial charge in [0.2, 0.25) is 5.91 Å². The first-order chi connectivity index (χ1) is 9.94. The Kier molecular flexibility index (Phi) is 4.49. The van der Waals surface area contributed by atoms with Crippen LogP contribution >= 0.6 is 11.8 Å². The van der Waals surface area contributed by atoms with E-state index in [1.54, 1.807) is 31.2 Å². The zero-order valence-electron chi connectivity index (χ0n) is 11.4. The van der Waals surface area contributed by atoms with E-state index in [1.165, 1.54) is 17.8 Å². The summed E-state index contributed by atoms with van der Waals surface area (Å²) in [5, 5.41) is 2.73. The summed E-state index contributed by atoms with van der Waals surface area (Å²) in [6.07, 6.45) is 0. The van der Waals surface area contributed by atoms with Gasteiger partial charge in [-0.25, -0.2) is 9.97 Å². The second-order valence-electron chi connectivity index (χ2n) is 4.38. The maximum atomic E-state index is 12.1. The van der Waals surface area contributed by atoms with Crippen molar-refractivity contribution >= 4 is 40.7 Å². The van der Waals surface area contributed by atoms with Crippen LogP contribution in [0.1, 0.15) is 6.92 Å². The molecule has 110 valence electrons. The summed E-state index contributed by atoms with van der Waals surface area (Å²) in [6, 6.07) is 8.42. The molecule has 2 aromatic rings.